The molecule has 1 saturated carbocycles. The predicted octanol–water partition coefficient (Wildman–Crippen LogP) is -0.435. The van der Waals surface area contributed by atoms with E-state index in [0.29, 0.717) is 12.5 Å². The maximum Gasteiger partial charge on any atom is 0.216 e. The van der Waals surface area contributed by atoms with Crippen LogP contribution in [-0.4, -0.2) is 24.5 Å². The average molecular weight is 198 g/mol. The number of hydrogen-bond donors (Lipinski definition) is 3. The second-order valence-corrected chi connectivity index (χ2v) is 3.75. The van der Waals surface area contributed by atoms with Gasteiger partial charge in [-0.05, 0) is 18.8 Å². The minimum atomic E-state index is 0.000324. The van der Waals surface area contributed by atoms with Crippen LogP contribution in [0.4, 0.5) is 0 Å². The van der Waals surface area contributed by atoms with E-state index in [0.717, 1.165) is 19.3 Å². The minimum absolute atomic E-state index is 0.000324. The first-order valence-electron chi connectivity index (χ1n) is 4.92. The zero-order valence-corrected chi connectivity index (χ0v) is 8.49. The molecule has 1 aliphatic carbocycles. The summed E-state index contributed by atoms with van der Waals surface area (Å²) in [7, 11) is 0. The van der Waals surface area contributed by atoms with Crippen LogP contribution in [0.2, 0.25) is 0 Å². The van der Waals surface area contributed by atoms with Crippen molar-refractivity contribution in [3.05, 3.63) is 0 Å². The molecule has 5 nitrogen and oxygen atoms in total. The van der Waals surface area contributed by atoms with Crippen molar-refractivity contribution >= 4 is 11.9 Å². The summed E-state index contributed by atoms with van der Waals surface area (Å²) in [4.78, 5) is 14.9. The van der Waals surface area contributed by atoms with Crippen LogP contribution < -0.4 is 16.8 Å². The maximum atomic E-state index is 10.7. The van der Waals surface area contributed by atoms with Crippen LogP contribution >= 0.6 is 0 Å². The first-order chi connectivity index (χ1) is 6.59. The molecule has 0 spiro atoms. The number of nitrogens with two attached hydrogens (primary N) is 2. The van der Waals surface area contributed by atoms with Crippen LogP contribution in [0.25, 0.3) is 0 Å². The topological polar surface area (TPSA) is 93.5 Å². The van der Waals surface area contributed by atoms with Gasteiger partial charge in [0.15, 0.2) is 5.96 Å². The molecular formula is C9H18N4O. The zero-order chi connectivity index (χ0) is 10.6. The molecular weight excluding hydrogens is 180 g/mol. The standard InChI is InChI=1S/C9H18N4O/c1-6(14)12-5-7-3-2-4-8(7)13-9(10)11/h7-8H,2-5H2,1H3,(H,12,14)(H4,10,11,13)/t7-,8+/m1/s1. The van der Waals surface area contributed by atoms with Gasteiger partial charge in [-0.2, -0.15) is 0 Å². The summed E-state index contributed by atoms with van der Waals surface area (Å²) < 4.78 is 0. The highest BCUT2D eigenvalue weighted by atomic mass is 16.1. The van der Waals surface area contributed by atoms with E-state index in [-0.39, 0.29) is 17.9 Å². The third kappa shape index (κ3) is 3.24. The number of hydrogen-bond acceptors (Lipinski definition) is 2. The fourth-order valence-electron chi connectivity index (χ4n) is 1.89. The summed E-state index contributed by atoms with van der Waals surface area (Å²) in [6, 6.07) is 0.187. The van der Waals surface area contributed by atoms with Gasteiger partial charge in [0, 0.05) is 13.5 Å². The Morgan fingerprint density at radius 2 is 2.21 bits per heavy atom. The summed E-state index contributed by atoms with van der Waals surface area (Å²) in [5, 5.41) is 2.80. The lowest BCUT2D eigenvalue weighted by molar-refractivity contribution is -0.119. The molecule has 0 saturated heterocycles. The van der Waals surface area contributed by atoms with Crippen molar-refractivity contribution in [2.75, 3.05) is 6.54 Å². The highest BCUT2D eigenvalue weighted by Gasteiger charge is 2.26. The predicted molar refractivity (Wildman–Crippen MR) is 55.6 cm³/mol. The molecule has 1 aliphatic rings. The average Bonchev–Trinajstić information content (AvgIpc) is 2.47. The van der Waals surface area contributed by atoms with Crippen LogP contribution in [0.15, 0.2) is 4.99 Å². The lowest BCUT2D eigenvalue weighted by Crippen LogP contribution is -2.32. The smallest absolute Gasteiger partial charge is 0.216 e. The van der Waals surface area contributed by atoms with Gasteiger partial charge in [0.25, 0.3) is 0 Å². The first-order valence-corrected chi connectivity index (χ1v) is 4.92. The molecule has 0 aliphatic heterocycles. The number of guanidine groups is 1. The molecule has 0 bridgehead atoms. The third-order valence-electron chi connectivity index (χ3n) is 2.55. The molecule has 0 aromatic carbocycles. The van der Waals surface area contributed by atoms with E-state index in [4.69, 9.17) is 11.5 Å². The molecule has 1 amide bonds. The van der Waals surface area contributed by atoms with Gasteiger partial charge in [0.2, 0.25) is 5.91 Å². The van der Waals surface area contributed by atoms with Gasteiger partial charge in [-0.25, -0.2) is 4.99 Å². The maximum absolute atomic E-state index is 10.7. The Kier molecular flexibility index (Phi) is 3.73. The van der Waals surface area contributed by atoms with Gasteiger partial charge in [0.1, 0.15) is 0 Å². The summed E-state index contributed by atoms with van der Waals surface area (Å²) in [6.07, 6.45) is 3.23. The van der Waals surface area contributed by atoms with E-state index in [1.165, 1.54) is 6.92 Å². The Labute approximate surface area is 83.9 Å². The Morgan fingerprint density at radius 1 is 1.50 bits per heavy atom. The van der Waals surface area contributed by atoms with Crippen molar-refractivity contribution in [3.8, 4) is 0 Å². The van der Waals surface area contributed by atoms with Crippen LogP contribution in [-0.2, 0) is 4.79 Å². The van der Waals surface area contributed by atoms with Crippen molar-refractivity contribution in [2.45, 2.75) is 32.2 Å². The first kappa shape index (κ1) is 10.8. The molecule has 5 heteroatoms. The Bertz CT molecular complexity index is 235. The van der Waals surface area contributed by atoms with Gasteiger partial charge < -0.3 is 16.8 Å². The van der Waals surface area contributed by atoms with E-state index in [9.17, 15) is 4.79 Å². The lowest BCUT2D eigenvalue weighted by atomic mass is 10.0. The molecule has 80 valence electrons. The number of nitrogens with zero attached hydrogens (tertiary/aromatic N) is 1. The SMILES string of the molecule is CC(=O)NC[C@H]1CCC[C@@H]1N=C(N)N. The number of aliphatic imine (C=N–C) groups is 1. The van der Waals surface area contributed by atoms with E-state index < -0.39 is 0 Å². The number of carbonyl (C=O) groups is 1. The van der Waals surface area contributed by atoms with Crippen LogP contribution in [0, 0.1) is 5.92 Å². The highest BCUT2D eigenvalue weighted by Crippen LogP contribution is 2.27. The van der Waals surface area contributed by atoms with Crippen LogP contribution in [0.5, 0.6) is 0 Å². The van der Waals surface area contributed by atoms with Crippen molar-refractivity contribution in [1.82, 2.24) is 5.32 Å². The molecule has 0 heterocycles. The van der Waals surface area contributed by atoms with Crippen molar-refractivity contribution < 1.29 is 4.79 Å². The van der Waals surface area contributed by atoms with E-state index in [2.05, 4.69) is 10.3 Å². The Balaban J connectivity index is 2.43. The fraction of sp³-hybridized carbons (Fsp3) is 0.778. The number of amides is 1. The highest BCUT2D eigenvalue weighted by molar-refractivity contribution is 5.76. The van der Waals surface area contributed by atoms with Gasteiger partial charge in [0.05, 0.1) is 6.04 Å². The van der Waals surface area contributed by atoms with Crippen LogP contribution in [0.1, 0.15) is 26.2 Å². The molecule has 1 rings (SSSR count). The van der Waals surface area contributed by atoms with Crippen LogP contribution in [0.3, 0.4) is 0 Å². The Hall–Kier alpha value is -1.26. The van der Waals surface area contributed by atoms with E-state index >= 15 is 0 Å². The molecule has 1 fully saturated rings. The molecule has 0 unspecified atom stereocenters. The van der Waals surface area contributed by atoms with Crippen molar-refractivity contribution in [1.29, 1.82) is 0 Å². The Morgan fingerprint density at radius 3 is 2.79 bits per heavy atom. The second kappa shape index (κ2) is 4.83. The second-order valence-electron chi connectivity index (χ2n) is 3.75. The molecule has 0 radical (unpaired) electrons. The summed E-state index contributed by atoms with van der Waals surface area (Å²) in [5.41, 5.74) is 10.7. The van der Waals surface area contributed by atoms with E-state index in [1.54, 1.807) is 0 Å². The largest absolute Gasteiger partial charge is 0.370 e. The van der Waals surface area contributed by atoms with Crippen molar-refractivity contribution in [3.63, 3.8) is 0 Å². The van der Waals surface area contributed by atoms with Gasteiger partial charge in [-0.3, -0.25) is 4.79 Å². The van der Waals surface area contributed by atoms with Crippen molar-refractivity contribution in [2.24, 2.45) is 22.4 Å². The normalized spacial score (nSPS) is 25.8. The quantitative estimate of drug-likeness (QED) is 0.424. The molecule has 0 aromatic rings. The molecule has 5 N–H and O–H groups in total. The summed E-state index contributed by atoms with van der Waals surface area (Å²) in [5.74, 6) is 0.533. The van der Waals surface area contributed by atoms with Gasteiger partial charge >= 0.3 is 0 Å². The third-order valence-corrected chi connectivity index (χ3v) is 2.55. The molecule has 2 atom stereocenters. The number of nitrogens with one attached hydrogen (secondary N) is 1. The number of carbonyl (C=O) groups excluding carboxylic acids is 1. The van der Waals surface area contributed by atoms with Gasteiger partial charge in [-0.15, -0.1) is 0 Å². The summed E-state index contributed by atoms with van der Waals surface area (Å²) in [6.45, 7) is 2.20. The molecule has 14 heavy (non-hydrogen) atoms. The monoisotopic (exact) mass is 198 g/mol. The number of rotatable bonds is 3. The molecule has 0 aromatic heterocycles. The van der Waals surface area contributed by atoms with E-state index in [1.807, 2.05) is 0 Å². The summed E-state index contributed by atoms with van der Waals surface area (Å²) >= 11 is 0. The van der Waals surface area contributed by atoms with Gasteiger partial charge in [-0.1, -0.05) is 6.42 Å². The zero-order valence-electron chi connectivity index (χ0n) is 8.49. The minimum Gasteiger partial charge on any atom is -0.370 e. The lowest BCUT2D eigenvalue weighted by Gasteiger charge is -2.15. The fourth-order valence-corrected chi connectivity index (χ4v) is 1.89.